The summed E-state index contributed by atoms with van der Waals surface area (Å²) in [6.07, 6.45) is 2.16. The van der Waals surface area contributed by atoms with Crippen LogP contribution < -0.4 is 0 Å². The average molecular weight is 350 g/mol. The van der Waals surface area contributed by atoms with Crippen molar-refractivity contribution in [3.8, 4) is 0 Å². The lowest BCUT2D eigenvalue weighted by Gasteiger charge is -2.26. The summed E-state index contributed by atoms with van der Waals surface area (Å²) in [4.78, 5) is 2.00. The van der Waals surface area contributed by atoms with E-state index in [4.69, 9.17) is 4.74 Å². The summed E-state index contributed by atoms with van der Waals surface area (Å²) in [5, 5.41) is 2.56. The minimum absolute atomic E-state index is 0.0779. The molecular formula is C16H18N2O3S2. The van der Waals surface area contributed by atoms with E-state index in [1.165, 1.54) is 17.3 Å². The smallest absolute Gasteiger partial charge is 0.257 e. The molecule has 0 unspecified atom stereocenters. The Morgan fingerprint density at radius 1 is 1.17 bits per heavy atom. The van der Waals surface area contributed by atoms with Crippen LogP contribution in [0.3, 0.4) is 0 Å². The van der Waals surface area contributed by atoms with E-state index in [9.17, 15) is 8.42 Å². The van der Waals surface area contributed by atoms with Crippen LogP contribution in [0.1, 0.15) is 29.9 Å². The number of rotatable bonds is 2. The second-order valence-corrected chi connectivity index (χ2v) is 8.53. The zero-order valence-electron chi connectivity index (χ0n) is 12.6. The van der Waals surface area contributed by atoms with Crippen LogP contribution in [-0.2, 0) is 14.8 Å². The molecule has 1 saturated heterocycles. The zero-order valence-corrected chi connectivity index (χ0v) is 14.3. The first-order chi connectivity index (χ1) is 11.1. The van der Waals surface area contributed by atoms with Crippen molar-refractivity contribution in [3.63, 3.8) is 0 Å². The third-order valence-electron chi connectivity index (χ3n) is 4.49. The van der Waals surface area contributed by atoms with E-state index < -0.39 is 10.0 Å². The predicted octanol–water partition coefficient (Wildman–Crippen LogP) is 2.63. The normalized spacial score (nSPS) is 24.1. The highest BCUT2D eigenvalue weighted by Crippen LogP contribution is 2.36. The Balaban J connectivity index is 1.55. The number of nitrogens with zero attached hydrogens (tertiary/aromatic N) is 2. The number of benzene rings is 1. The van der Waals surface area contributed by atoms with Gasteiger partial charge in [0.2, 0.25) is 0 Å². The standard InChI is InChI=1S/C16H18N2O3S2/c19-23(20)10-7-18-15(11-22-16(18)17-23)14-3-1-12(2-4-14)13-5-8-21-9-6-13/h1-4,11,13H,5-10H2. The second kappa shape index (κ2) is 5.96. The Hall–Kier alpha value is -1.31. The number of sulfonamides is 1. The van der Waals surface area contributed by atoms with Gasteiger partial charge in [0.1, 0.15) is 0 Å². The Kier molecular flexibility index (Phi) is 3.95. The highest BCUT2D eigenvalue weighted by molar-refractivity contribution is 8.17. The number of thioether (sulfide) groups is 1. The van der Waals surface area contributed by atoms with Crippen LogP contribution in [-0.4, -0.2) is 44.0 Å². The zero-order chi connectivity index (χ0) is 15.9. The highest BCUT2D eigenvalue weighted by Gasteiger charge is 2.31. The molecular weight excluding hydrogens is 332 g/mol. The maximum atomic E-state index is 11.6. The van der Waals surface area contributed by atoms with Crippen LogP contribution in [0.25, 0.3) is 5.70 Å². The fraction of sp³-hybridized carbons (Fsp3) is 0.438. The van der Waals surface area contributed by atoms with Gasteiger partial charge >= 0.3 is 0 Å². The molecule has 0 aliphatic carbocycles. The molecule has 1 aromatic rings. The van der Waals surface area contributed by atoms with Crippen molar-refractivity contribution in [1.82, 2.24) is 4.90 Å². The molecule has 0 saturated carbocycles. The van der Waals surface area contributed by atoms with Gasteiger partial charge < -0.3 is 9.64 Å². The molecule has 1 fully saturated rings. The van der Waals surface area contributed by atoms with Crippen LogP contribution in [0.4, 0.5) is 0 Å². The van der Waals surface area contributed by atoms with Gasteiger partial charge in [-0.1, -0.05) is 36.0 Å². The van der Waals surface area contributed by atoms with E-state index in [-0.39, 0.29) is 5.75 Å². The monoisotopic (exact) mass is 350 g/mol. The van der Waals surface area contributed by atoms with Crippen molar-refractivity contribution < 1.29 is 13.2 Å². The molecule has 0 aromatic heterocycles. The molecule has 0 spiro atoms. The van der Waals surface area contributed by atoms with Gasteiger partial charge in [0.15, 0.2) is 5.17 Å². The number of hydrogen-bond acceptors (Lipinski definition) is 5. The summed E-state index contributed by atoms with van der Waals surface area (Å²) in [6, 6.07) is 8.63. The molecule has 3 heterocycles. The minimum Gasteiger partial charge on any atom is -0.381 e. The molecule has 3 aliphatic rings. The Labute approximate surface area is 140 Å². The third-order valence-corrected chi connectivity index (χ3v) is 6.62. The molecule has 7 heteroatoms. The van der Waals surface area contributed by atoms with Crippen LogP contribution in [0.5, 0.6) is 0 Å². The summed E-state index contributed by atoms with van der Waals surface area (Å²) in [5.74, 6) is 0.663. The van der Waals surface area contributed by atoms with Gasteiger partial charge in [-0.05, 0) is 29.9 Å². The molecule has 3 aliphatic heterocycles. The fourth-order valence-electron chi connectivity index (χ4n) is 3.18. The minimum atomic E-state index is -3.28. The summed E-state index contributed by atoms with van der Waals surface area (Å²) in [7, 11) is -3.28. The van der Waals surface area contributed by atoms with E-state index in [1.54, 1.807) is 0 Å². The van der Waals surface area contributed by atoms with E-state index in [0.29, 0.717) is 17.6 Å². The van der Waals surface area contributed by atoms with Crippen molar-refractivity contribution >= 4 is 32.6 Å². The van der Waals surface area contributed by atoms with Crippen molar-refractivity contribution in [2.45, 2.75) is 18.8 Å². The number of hydrogen-bond donors (Lipinski definition) is 0. The lowest BCUT2D eigenvalue weighted by atomic mass is 9.91. The first-order valence-electron chi connectivity index (χ1n) is 7.77. The van der Waals surface area contributed by atoms with E-state index in [2.05, 4.69) is 28.7 Å². The molecule has 0 bridgehead atoms. The van der Waals surface area contributed by atoms with Gasteiger partial charge in [-0.15, -0.1) is 4.40 Å². The molecule has 0 atom stereocenters. The molecule has 0 radical (unpaired) electrons. The van der Waals surface area contributed by atoms with Crippen LogP contribution in [0.2, 0.25) is 0 Å². The van der Waals surface area contributed by atoms with Crippen molar-refractivity contribution in [1.29, 1.82) is 0 Å². The Morgan fingerprint density at radius 3 is 2.65 bits per heavy atom. The molecule has 0 amide bonds. The summed E-state index contributed by atoms with van der Waals surface area (Å²) >= 11 is 1.38. The van der Waals surface area contributed by atoms with Gasteiger partial charge in [0, 0.05) is 25.2 Å². The SMILES string of the molecule is O=S1(=O)CCN2C(c3ccc(C4CCOCC4)cc3)=CSC2=N1. The van der Waals surface area contributed by atoms with Gasteiger partial charge in [-0.2, -0.15) is 0 Å². The predicted molar refractivity (Wildman–Crippen MR) is 92.7 cm³/mol. The topological polar surface area (TPSA) is 59.0 Å². The lowest BCUT2D eigenvalue weighted by molar-refractivity contribution is 0.0853. The molecule has 122 valence electrons. The number of amidine groups is 1. The lowest BCUT2D eigenvalue weighted by Crippen LogP contribution is -2.34. The van der Waals surface area contributed by atoms with Gasteiger partial charge in [0.25, 0.3) is 10.0 Å². The fourth-order valence-corrected chi connectivity index (χ4v) is 5.33. The average Bonchev–Trinajstić information content (AvgIpc) is 2.97. The number of ether oxygens (including phenoxy) is 1. The Bertz CT molecular complexity index is 763. The molecule has 0 N–H and O–H groups in total. The van der Waals surface area contributed by atoms with Crippen molar-refractivity contribution in [2.75, 3.05) is 25.5 Å². The summed E-state index contributed by atoms with van der Waals surface area (Å²) in [5.41, 5.74) is 3.51. The molecule has 1 aromatic carbocycles. The molecule has 4 rings (SSSR count). The summed E-state index contributed by atoms with van der Waals surface area (Å²) in [6.45, 7) is 2.16. The maximum Gasteiger partial charge on any atom is 0.257 e. The largest absolute Gasteiger partial charge is 0.381 e. The van der Waals surface area contributed by atoms with E-state index >= 15 is 0 Å². The van der Waals surface area contributed by atoms with Crippen LogP contribution in [0.15, 0.2) is 34.1 Å². The van der Waals surface area contributed by atoms with E-state index in [0.717, 1.165) is 37.3 Å². The van der Waals surface area contributed by atoms with E-state index in [1.807, 2.05) is 10.3 Å². The van der Waals surface area contributed by atoms with Gasteiger partial charge in [-0.3, -0.25) is 0 Å². The third kappa shape index (κ3) is 3.05. The van der Waals surface area contributed by atoms with Crippen molar-refractivity contribution in [3.05, 3.63) is 40.8 Å². The number of fused-ring (bicyclic) bond motifs is 1. The van der Waals surface area contributed by atoms with Gasteiger partial charge in [-0.25, -0.2) is 8.42 Å². The van der Waals surface area contributed by atoms with Gasteiger partial charge in [0.05, 0.1) is 11.4 Å². The molecule has 23 heavy (non-hydrogen) atoms. The Morgan fingerprint density at radius 2 is 1.91 bits per heavy atom. The van der Waals surface area contributed by atoms with Crippen LogP contribution in [0, 0.1) is 0 Å². The van der Waals surface area contributed by atoms with Crippen LogP contribution >= 0.6 is 11.8 Å². The first kappa shape index (κ1) is 15.2. The van der Waals surface area contributed by atoms with Crippen molar-refractivity contribution in [2.24, 2.45) is 4.40 Å². The maximum absolute atomic E-state index is 11.6. The highest BCUT2D eigenvalue weighted by atomic mass is 32.2. The quantitative estimate of drug-likeness (QED) is 0.821. The summed E-state index contributed by atoms with van der Waals surface area (Å²) < 4.78 is 32.5. The molecule has 5 nitrogen and oxygen atoms in total. The second-order valence-electron chi connectivity index (χ2n) is 5.94. The first-order valence-corrected chi connectivity index (χ1v) is 10.3.